The lowest BCUT2D eigenvalue weighted by atomic mass is 9.96. The zero-order valence-electron chi connectivity index (χ0n) is 17.0. The standard InChI is InChI=1S/C24H37NO2/c1-2-3-4-5-6-7-8-9-10-11-12-13-14-15-16-17-18-19-22(26)24(20-21-24)23(25)27/h6-7,9-10,12-13,15-16H,2-5,8,11,14,17-21H2,1H3,(H2,25,27)/b7-6-,10-9-,13-12-,16-15-. The molecular formula is C24H37NO2. The Morgan fingerprint density at radius 3 is 1.70 bits per heavy atom. The van der Waals surface area contributed by atoms with Gasteiger partial charge in [-0.05, 0) is 57.8 Å². The minimum atomic E-state index is -0.801. The maximum atomic E-state index is 12.0. The van der Waals surface area contributed by atoms with Crippen molar-refractivity contribution in [2.45, 2.75) is 84.0 Å². The van der Waals surface area contributed by atoms with Gasteiger partial charge in [0.05, 0.1) is 0 Å². The molecule has 0 aliphatic heterocycles. The summed E-state index contributed by atoms with van der Waals surface area (Å²) in [7, 11) is 0. The van der Waals surface area contributed by atoms with E-state index >= 15 is 0 Å². The largest absolute Gasteiger partial charge is 0.369 e. The third-order valence-corrected chi connectivity index (χ3v) is 4.99. The molecule has 1 saturated carbocycles. The Balaban J connectivity index is 1.97. The van der Waals surface area contributed by atoms with Gasteiger partial charge in [-0.3, -0.25) is 9.59 Å². The molecule has 27 heavy (non-hydrogen) atoms. The summed E-state index contributed by atoms with van der Waals surface area (Å²) in [6.07, 6.45) is 29.0. The van der Waals surface area contributed by atoms with Crippen molar-refractivity contribution in [3.8, 4) is 0 Å². The molecule has 1 aliphatic carbocycles. The van der Waals surface area contributed by atoms with Crippen LogP contribution < -0.4 is 5.73 Å². The minimum Gasteiger partial charge on any atom is -0.369 e. The first kappa shape index (κ1) is 23.1. The molecule has 1 fully saturated rings. The number of primary amides is 1. The summed E-state index contributed by atoms with van der Waals surface area (Å²) in [5.74, 6) is -0.406. The van der Waals surface area contributed by atoms with E-state index in [0.29, 0.717) is 19.3 Å². The van der Waals surface area contributed by atoms with Crippen molar-refractivity contribution in [3.63, 3.8) is 0 Å². The second kappa shape index (κ2) is 14.2. The summed E-state index contributed by atoms with van der Waals surface area (Å²) in [5, 5.41) is 0. The lowest BCUT2D eigenvalue weighted by Crippen LogP contribution is -2.31. The third-order valence-electron chi connectivity index (χ3n) is 4.99. The highest BCUT2D eigenvalue weighted by atomic mass is 16.2. The molecular weight excluding hydrogens is 334 g/mol. The van der Waals surface area contributed by atoms with Crippen LogP contribution in [0, 0.1) is 5.41 Å². The highest BCUT2D eigenvalue weighted by Crippen LogP contribution is 2.47. The van der Waals surface area contributed by atoms with Crippen molar-refractivity contribution >= 4 is 11.7 Å². The summed E-state index contributed by atoms with van der Waals surface area (Å²) in [5.41, 5.74) is 4.51. The van der Waals surface area contributed by atoms with Crippen molar-refractivity contribution in [3.05, 3.63) is 48.6 Å². The lowest BCUT2D eigenvalue weighted by molar-refractivity contribution is -0.134. The van der Waals surface area contributed by atoms with Gasteiger partial charge >= 0.3 is 0 Å². The topological polar surface area (TPSA) is 60.2 Å². The number of Topliss-reactive ketones (excluding diaryl/α,β-unsaturated/α-hetero) is 1. The van der Waals surface area contributed by atoms with E-state index in [-0.39, 0.29) is 5.78 Å². The van der Waals surface area contributed by atoms with Gasteiger partial charge < -0.3 is 5.73 Å². The van der Waals surface area contributed by atoms with Crippen LogP contribution in [0.5, 0.6) is 0 Å². The fraction of sp³-hybridized carbons (Fsp3) is 0.583. The molecule has 0 spiro atoms. The van der Waals surface area contributed by atoms with Crippen LogP contribution >= 0.6 is 0 Å². The van der Waals surface area contributed by atoms with Gasteiger partial charge in [-0.1, -0.05) is 68.4 Å². The number of rotatable bonds is 16. The molecule has 0 unspecified atom stereocenters. The van der Waals surface area contributed by atoms with Crippen molar-refractivity contribution in [2.75, 3.05) is 0 Å². The minimum absolute atomic E-state index is 0.0332. The van der Waals surface area contributed by atoms with Crippen LogP contribution in [0.2, 0.25) is 0 Å². The molecule has 2 N–H and O–H groups in total. The fourth-order valence-electron chi connectivity index (χ4n) is 2.97. The molecule has 1 amide bonds. The van der Waals surface area contributed by atoms with Crippen molar-refractivity contribution in [1.29, 1.82) is 0 Å². The molecule has 0 aromatic carbocycles. The Kier molecular flexibility index (Phi) is 12.2. The van der Waals surface area contributed by atoms with Crippen LogP contribution in [-0.4, -0.2) is 11.7 Å². The van der Waals surface area contributed by atoms with E-state index in [1.807, 2.05) is 0 Å². The Hall–Kier alpha value is -1.90. The quantitative estimate of drug-likeness (QED) is 0.206. The zero-order valence-corrected chi connectivity index (χ0v) is 17.0. The number of amides is 1. The summed E-state index contributed by atoms with van der Waals surface area (Å²) >= 11 is 0. The van der Waals surface area contributed by atoms with Crippen LogP contribution in [0.15, 0.2) is 48.6 Å². The molecule has 0 radical (unpaired) electrons. The van der Waals surface area contributed by atoms with Gasteiger partial charge in [0.2, 0.25) is 5.91 Å². The van der Waals surface area contributed by atoms with E-state index in [9.17, 15) is 9.59 Å². The van der Waals surface area contributed by atoms with Gasteiger partial charge in [0.25, 0.3) is 0 Å². The molecule has 0 saturated heterocycles. The van der Waals surface area contributed by atoms with Gasteiger partial charge in [-0.15, -0.1) is 0 Å². The molecule has 0 atom stereocenters. The van der Waals surface area contributed by atoms with Crippen LogP contribution in [0.4, 0.5) is 0 Å². The predicted molar refractivity (Wildman–Crippen MR) is 114 cm³/mol. The maximum absolute atomic E-state index is 12.0. The highest BCUT2D eigenvalue weighted by molar-refractivity contribution is 6.08. The molecule has 1 aliphatic rings. The van der Waals surface area contributed by atoms with Crippen LogP contribution in [0.1, 0.15) is 84.0 Å². The first-order chi connectivity index (χ1) is 13.1. The van der Waals surface area contributed by atoms with Crippen LogP contribution in [0.3, 0.4) is 0 Å². The molecule has 0 heterocycles. The molecule has 1 rings (SSSR count). The summed E-state index contributed by atoms with van der Waals surface area (Å²) in [6.45, 7) is 2.23. The molecule has 0 aromatic rings. The van der Waals surface area contributed by atoms with E-state index < -0.39 is 11.3 Å². The second-order valence-electron chi connectivity index (χ2n) is 7.35. The molecule has 3 nitrogen and oxygen atoms in total. The van der Waals surface area contributed by atoms with E-state index in [1.54, 1.807) is 0 Å². The van der Waals surface area contributed by atoms with Gasteiger partial charge in [0.1, 0.15) is 11.2 Å². The van der Waals surface area contributed by atoms with Gasteiger partial charge in [0, 0.05) is 6.42 Å². The van der Waals surface area contributed by atoms with Crippen LogP contribution in [-0.2, 0) is 9.59 Å². The second-order valence-corrected chi connectivity index (χ2v) is 7.35. The fourth-order valence-corrected chi connectivity index (χ4v) is 2.97. The van der Waals surface area contributed by atoms with Crippen LogP contribution in [0.25, 0.3) is 0 Å². The SMILES string of the molecule is CCCCC/C=C\C/C=C\C/C=C\C/C=C\CCCC(=O)C1(C(N)=O)CC1. The summed E-state index contributed by atoms with van der Waals surface area (Å²) in [4.78, 5) is 23.3. The van der Waals surface area contributed by atoms with E-state index in [2.05, 4.69) is 55.5 Å². The number of nitrogens with two attached hydrogens (primary N) is 1. The number of hydrogen-bond acceptors (Lipinski definition) is 2. The average molecular weight is 372 g/mol. The summed E-state index contributed by atoms with van der Waals surface area (Å²) < 4.78 is 0. The van der Waals surface area contributed by atoms with E-state index in [4.69, 9.17) is 5.73 Å². The average Bonchev–Trinajstić information content (AvgIpc) is 3.46. The van der Waals surface area contributed by atoms with E-state index in [0.717, 1.165) is 32.1 Å². The first-order valence-electron chi connectivity index (χ1n) is 10.6. The molecule has 150 valence electrons. The van der Waals surface area contributed by atoms with Gasteiger partial charge in [-0.2, -0.15) is 0 Å². The first-order valence-corrected chi connectivity index (χ1v) is 10.6. The number of allylic oxidation sites excluding steroid dienone is 8. The third kappa shape index (κ3) is 10.1. The Labute approximate surface area is 165 Å². The predicted octanol–water partition coefficient (Wildman–Crippen LogP) is 5.97. The van der Waals surface area contributed by atoms with Crippen molar-refractivity contribution in [2.24, 2.45) is 11.1 Å². The zero-order chi connectivity index (χ0) is 19.8. The number of unbranched alkanes of at least 4 members (excludes halogenated alkanes) is 4. The van der Waals surface area contributed by atoms with Gasteiger partial charge in [-0.25, -0.2) is 0 Å². The maximum Gasteiger partial charge on any atom is 0.231 e. The number of carbonyl (C=O) groups excluding carboxylic acids is 2. The lowest BCUT2D eigenvalue weighted by Gasteiger charge is -2.08. The van der Waals surface area contributed by atoms with Crippen molar-refractivity contribution < 1.29 is 9.59 Å². The number of carbonyl (C=O) groups is 2. The Bertz CT molecular complexity index is 551. The van der Waals surface area contributed by atoms with Crippen molar-refractivity contribution in [1.82, 2.24) is 0 Å². The molecule has 0 bridgehead atoms. The highest BCUT2D eigenvalue weighted by Gasteiger charge is 2.54. The van der Waals surface area contributed by atoms with E-state index in [1.165, 1.54) is 25.7 Å². The summed E-state index contributed by atoms with van der Waals surface area (Å²) in [6, 6.07) is 0. The normalized spacial score (nSPS) is 16.2. The Morgan fingerprint density at radius 2 is 1.26 bits per heavy atom. The molecule has 3 heteroatoms. The molecule has 0 aromatic heterocycles. The number of ketones is 1. The monoisotopic (exact) mass is 371 g/mol. The smallest absolute Gasteiger partial charge is 0.231 e. The Morgan fingerprint density at radius 1 is 0.778 bits per heavy atom. The number of hydrogen-bond donors (Lipinski definition) is 1. The van der Waals surface area contributed by atoms with Gasteiger partial charge in [0.15, 0.2) is 0 Å².